The molecule has 148 heavy (non-hydrogen) atoms. The van der Waals surface area contributed by atoms with Crippen molar-refractivity contribution < 1.29 is 77.0 Å². The topological polar surface area (TPSA) is 1020 Å². The van der Waals surface area contributed by atoms with E-state index in [1.165, 1.54) is 6.92 Å². The summed E-state index contributed by atoms with van der Waals surface area (Å²) in [6, 6.07) is -2.51. The van der Waals surface area contributed by atoms with Crippen LogP contribution in [0.15, 0.2) is 30.5 Å². The minimum absolute atomic E-state index is 0.00159. The highest BCUT2D eigenvalue weighted by atomic mass is 32.1. The highest BCUT2D eigenvalue weighted by Gasteiger charge is 2.40. The Morgan fingerprint density at radius 3 is 0.750 bits per heavy atom. The molecule has 0 aliphatic rings. The molecule has 55 nitrogen and oxygen atoms in total. The SMILES string of the molecule is CC(=O)N[C@@H](CC(C)C)C(=O)C[C@@H](Cc1c[nH]c2ccccc12)C(=O)N[C@@H](CCCNC(=N)N)C(=O)C[C@@H](CO)C(=O)N[C@H](CCCNC(=N)N)C(=O)C[C@H](CCCNC(=N)N)C(=O)N[C@H](CCCNC(=N)N)C(=O)C[C@H](CCCNC(=N)N)C(=O)N[C@H](CCCNC(=N)N)C(=O)C[C@H](CCCNC(=N)N)C(=O)N[C@H](CCCNC(=N)N)C(=O)C[C@H](CCCNC(=N)N)C(=O)N[C@H](CCCNC(=N)N)C(=O)C[C@H](CS)C(N)=O. The fourth-order valence-corrected chi connectivity index (χ4v) is 16.7. The normalized spacial score (nSPS) is 13.9. The van der Waals surface area contributed by atoms with Crippen molar-refractivity contribution >= 4 is 171 Å². The van der Waals surface area contributed by atoms with E-state index in [-0.39, 0.29) is 224 Å². The molecule has 0 fully saturated rings. The van der Waals surface area contributed by atoms with Crippen LogP contribution in [0.5, 0.6) is 0 Å². The number of primary amides is 1. The van der Waals surface area contributed by atoms with Crippen LogP contribution in [0.2, 0.25) is 0 Å². The third-order valence-electron chi connectivity index (χ3n) is 24.1. The number of aliphatic hydroxyl groups is 1. The summed E-state index contributed by atoms with van der Waals surface area (Å²) in [6.07, 6.45) is -3.54. The number of guanidine groups is 10. The zero-order chi connectivity index (χ0) is 111. The van der Waals surface area contributed by atoms with Crippen molar-refractivity contribution in [2.45, 2.75) is 249 Å². The Kier molecular flexibility index (Phi) is 62.6. The minimum atomic E-state index is -1.63. The largest absolute Gasteiger partial charge is 0.396 e. The number of para-hydroxylation sites is 1. The van der Waals surface area contributed by atoms with Gasteiger partial charge >= 0.3 is 0 Å². The molecule has 1 aromatic carbocycles. The van der Waals surface area contributed by atoms with Crippen molar-refractivity contribution in [2.24, 2.45) is 110 Å². The molecule has 2 aromatic rings. The summed E-state index contributed by atoms with van der Waals surface area (Å²) in [5, 5.41) is 135. The number of benzene rings is 1. The highest BCUT2D eigenvalue weighted by Crippen LogP contribution is 2.28. The number of hydrogen-bond acceptors (Lipinski definition) is 27. The zero-order valence-electron chi connectivity index (χ0n) is 84.9. The van der Waals surface area contributed by atoms with E-state index in [2.05, 4.69) is 108 Å². The summed E-state index contributed by atoms with van der Waals surface area (Å²) in [5.74, 6) is -25.5. The summed E-state index contributed by atoms with van der Waals surface area (Å²) in [6.45, 7) is 3.85. The summed E-state index contributed by atoms with van der Waals surface area (Å²) in [7, 11) is 0. The van der Waals surface area contributed by atoms with Gasteiger partial charge in [-0.15, -0.1) is 0 Å². The van der Waals surface area contributed by atoms with Crippen LogP contribution in [0.4, 0.5) is 0 Å². The van der Waals surface area contributed by atoms with E-state index < -0.39 is 277 Å². The molecule has 0 spiro atoms. The third kappa shape index (κ3) is 56.1. The number of ketones is 7. The average molecular weight is 2100 g/mol. The molecule has 0 aliphatic heterocycles. The number of aromatic amines is 1. The van der Waals surface area contributed by atoms with Crippen molar-refractivity contribution in [3.63, 3.8) is 0 Å². The molecule has 0 radical (unpaired) electrons. The van der Waals surface area contributed by atoms with Crippen molar-refractivity contribution in [3.8, 4) is 0 Å². The maximum Gasteiger partial charge on any atom is 0.226 e. The summed E-state index contributed by atoms with van der Waals surface area (Å²) < 4.78 is 0. The predicted octanol–water partition coefficient (Wildman–Crippen LogP) is -5.76. The maximum atomic E-state index is 15.4. The van der Waals surface area contributed by atoms with Crippen LogP contribution in [0.1, 0.15) is 206 Å². The number of carbonyl (C=O) groups excluding carboxylic acids is 15. The lowest BCUT2D eigenvalue weighted by Crippen LogP contribution is -2.50. The van der Waals surface area contributed by atoms with Crippen LogP contribution in [-0.2, 0) is 78.3 Å². The summed E-state index contributed by atoms with van der Waals surface area (Å²) in [4.78, 5) is 222. The van der Waals surface area contributed by atoms with Gasteiger partial charge in [-0.25, -0.2) is 0 Å². The van der Waals surface area contributed by atoms with Gasteiger partial charge in [-0.3, -0.25) is 126 Å². The van der Waals surface area contributed by atoms with Crippen LogP contribution >= 0.6 is 12.6 Å². The summed E-state index contributed by atoms with van der Waals surface area (Å²) in [5.41, 5.74) is 63.2. The molecule has 0 saturated carbocycles. The van der Waals surface area contributed by atoms with Crippen molar-refractivity contribution in [1.29, 1.82) is 54.1 Å². The van der Waals surface area contributed by atoms with Gasteiger partial charge < -0.3 is 164 Å². The Morgan fingerprint density at radius 1 is 0.304 bits per heavy atom. The monoisotopic (exact) mass is 2100 g/mol. The van der Waals surface area contributed by atoms with Crippen LogP contribution in [0, 0.1) is 101 Å². The van der Waals surface area contributed by atoms with E-state index in [1.807, 2.05) is 26.0 Å². The number of amides is 8. The van der Waals surface area contributed by atoms with Gasteiger partial charge in [0, 0.05) is 170 Å². The quantitative estimate of drug-likeness (QED) is 0.0127. The molecule has 0 bridgehead atoms. The molecule has 0 saturated heterocycles. The van der Waals surface area contributed by atoms with Crippen LogP contribution in [0.3, 0.4) is 0 Å². The number of aromatic nitrogens is 1. The van der Waals surface area contributed by atoms with Crippen molar-refractivity contribution in [3.05, 3.63) is 36.0 Å². The van der Waals surface area contributed by atoms with Crippen molar-refractivity contribution in [2.75, 3.05) is 77.8 Å². The van der Waals surface area contributed by atoms with Crippen molar-refractivity contribution in [1.82, 2.24) is 95.4 Å². The first-order chi connectivity index (χ1) is 69.9. The molecule has 14 atom stereocenters. The number of H-pyrrole nitrogens is 1. The average Bonchev–Trinajstić information content (AvgIpc) is 1.66. The Labute approximate surface area is 866 Å². The number of rotatable bonds is 81. The molecule has 0 aliphatic carbocycles. The second-order valence-corrected chi connectivity index (χ2v) is 37.3. The standard InChI is InChI=1S/C92H163N39O16S/c1-50(2)38-68(125-51(3)133)75(140)44-56(39-57-47-124-61-21-5-4-20-60(57)61)81(146)130-66(26-14-36-122-91(110)111)73(138)45-58(48-132)82(147)131-65(25-13-35-121-90(108)109)72(137)43-55(19-9-31-117-86(100)101)79(144)128-63(23-11-33-119-88(104)105)70(135)41-53(17-7-29-115-84(96)97)77(142)126-62(22-10-32-118-87(102)103)69(134)40-52(16-6-28-114-83(94)95)78(143)127-64(24-12-34-120-89(106)107)71(136)42-54(18-8-30-116-85(98)99)80(145)129-67(27-15-37-123-92(112)113)74(139)46-59(49-148)76(93)141/h4-5,20-21,47,50,52-56,58-59,62-68,124,132,148H,6-19,22-46,48-49H2,1-3H3,(H2,93,141)(H,125,133)(H,126,142)(H,127,143)(H,128,144)(H,129,145)(H,130,146)(H,131,147)(H4,94,95,114)(H4,96,97,115)(H4,98,99,116)(H4,100,101,117)(H4,102,103,118)(H4,104,105,119)(H4,106,107,120)(H4,108,109,121)(H4,110,111,122)(H4,112,113,123)/t52-,53-,54-,55-,56+,58-,59+,62+,63+,64+,65+,66-,67+,68-/m0/s1. The second kappa shape index (κ2) is 71.7. The van der Waals surface area contributed by atoms with Gasteiger partial charge in [-0.1, -0.05) is 32.0 Å². The van der Waals surface area contributed by atoms with E-state index in [9.17, 15) is 43.5 Å². The lowest BCUT2D eigenvalue weighted by molar-refractivity contribution is -0.137. The molecule has 8 amide bonds. The van der Waals surface area contributed by atoms with Gasteiger partial charge in [0.25, 0.3) is 0 Å². The number of nitrogens with two attached hydrogens (primary N) is 11. The number of carbonyl (C=O) groups is 15. The number of fused-ring (bicyclic) bond motifs is 1. The fraction of sp³-hybridized carbons (Fsp3) is 0.641. The lowest BCUT2D eigenvalue weighted by Gasteiger charge is -2.27. The molecule has 51 N–H and O–H groups in total. The first-order valence-electron chi connectivity index (χ1n) is 49.6. The maximum absolute atomic E-state index is 15.4. The molecule has 56 heteroatoms. The first-order valence-corrected chi connectivity index (χ1v) is 50.2. The fourth-order valence-electron chi connectivity index (χ4n) is 16.4. The van der Waals surface area contributed by atoms with E-state index in [0.29, 0.717) is 5.56 Å². The molecule has 1 aromatic heterocycles. The van der Waals surface area contributed by atoms with Crippen LogP contribution in [-0.4, -0.2) is 278 Å². The Hall–Kier alpha value is -14.8. The number of thiol groups is 1. The van der Waals surface area contributed by atoms with E-state index in [1.54, 1.807) is 18.3 Å². The zero-order valence-corrected chi connectivity index (χ0v) is 85.8. The molecular formula is C92H163N39O16S. The van der Waals surface area contributed by atoms with Gasteiger partial charge in [0.1, 0.15) is 0 Å². The smallest absolute Gasteiger partial charge is 0.226 e. The van der Waals surface area contributed by atoms with Gasteiger partial charge in [-0.05, 0) is 159 Å². The van der Waals surface area contributed by atoms with Gasteiger partial charge in [0.15, 0.2) is 100 Å². The van der Waals surface area contributed by atoms with E-state index in [4.69, 9.17) is 117 Å². The Bertz CT molecular complexity index is 4780. The number of Topliss-reactive ketones (excluding diaryl/α,β-unsaturated/α-hetero) is 7. The third-order valence-corrected chi connectivity index (χ3v) is 24.6. The van der Waals surface area contributed by atoms with Gasteiger partial charge in [0.2, 0.25) is 47.3 Å². The number of hydrogen-bond donors (Lipinski definition) is 41. The second-order valence-electron chi connectivity index (χ2n) is 37.0. The first kappa shape index (κ1) is 129. The number of nitrogens with one attached hydrogen (secondary N) is 28. The Balaban J connectivity index is 2.91. The molecule has 828 valence electrons. The molecule has 1 heterocycles. The minimum Gasteiger partial charge on any atom is -0.396 e. The molecule has 0 unspecified atom stereocenters. The Morgan fingerprint density at radius 2 is 0.520 bits per heavy atom. The van der Waals surface area contributed by atoms with E-state index in [0.717, 1.165) is 10.9 Å². The van der Waals surface area contributed by atoms with E-state index >= 15 is 33.6 Å². The van der Waals surface area contributed by atoms with Gasteiger partial charge in [0.05, 0.1) is 60.7 Å². The summed E-state index contributed by atoms with van der Waals surface area (Å²) >= 11 is 4.18. The predicted molar refractivity (Wildman–Crippen MR) is 564 cm³/mol. The lowest BCUT2D eigenvalue weighted by atomic mass is 9.88. The van der Waals surface area contributed by atoms with Crippen LogP contribution < -0.4 is 153 Å². The van der Waals surface area contributed by atoms with Crippen LogP contribution in [0.25, 0.3) is 10.9 Å². The van der Waals surface area contributed by atoms with Gasteiger partial charge in [-0.2, -0.15) is 12.6 Å². The molecule has 2 rings (SSSR count). The molecular weight excluding hydrogens is 1940 g/mol. The number of aliphatic hydroxyl groups excluding tert-OH is 1. The highest BCUT2D eigenvalue weighted by molar-refractivity contribution is 7.80.